The Morgan fingerprint density at radius 2 is 2.30 bits per heavy atom. The van der Waals surface area contributed by atoms with Crippen molar-refractivity contribution in [3.63, 3.8) is 0 Å². The standard InChI is InChI=1S/C12H14N4O3S/c17-11(18)7-16-6-10(5-14-16)15-12(19)13-3-1-9-2-4-20-8-9/h2,4-6,8H,1,3,7H2,(H,17,18)(H2,13,15,19). The van der Waals surface area contributed by atoms with E-state index in [0.717, 1.165) is 6.42 Å². The van der Waals surface area contributed by atoms with Gasteiger partial charge >= 0.3 is 12.0 Å². The number of thiophene rings is 1. The van der Waals surface area contributed by atoms with Crippen molar-refractivity contribution in [1.82, 2.24) is 15.1 Å². The van der Waals surface area contributed by atoms with Crippen LogP contribution < -0.4 is 10.6 Å². The van der Waals surface area contributed by atoms with Crippen LogP contribution in [0.5, 0.6) is 0 Å². The van der Waals surface area contributed by atoms with Crippen LogP contribution in [-0.4, -0.2) is 33.4 Å². The van der Waals surface area contributed by atoms with E-state index in [2.05, 4.69) is 15.7 Å². The number of amides is 2. The first-order chi connectivity index (χ1) is 9.63. The third-order valence-electron chi connectivity index (χ3n) is 2.47. The summed E-state index contributed by atoms with van der Waals surface area (Å²) < 4.78 is 1.24. The van der Waals surface area contributed by atoms with Gasteiger partial charge in [-0.15, -0.1) is 0 Å². The highest BCUT2D eigenvalue weighted by atomic mass is 32.1. The van der Waals surface area contributed by atoms with E-state index < -0.39 is 5.97 Å². The molecule has 106 valence electrons. The van der Waals surface area contributed by atoms with Gasteiger partial charge in [-0.3, -0.25) is 9.48 Å². The number of rotatable bonds is 6. The lowest BCUT2D eigenvalue weighted by molar-refractivity contribution is -0.137. The SMILES string of the molecule is O=C(O)Cn1cc(NC(=O)NCCc2ccsc2)cn1. The number of aliphatic carboxylic acids is 1. The lowest BCUT2D eigenvalue weighted by Crippen LogP contribution is -2.30. The average molecular weight is 294 g/mol. The minimum absolute atomic E-state index is 0.235. The smallest absolute Gasteiger partial charge is 0.325 e. The largest absolute Gasteiger partial charge is 0.480 e. The normalized spacial score (nSPS) is 10.2. The molecule has 0 atom stereocenters. The van der Waals surface area contributed by atoms with Crippen LogP contribution in [0.2, 0.25) is 0 Å². The van der Waals surface area contributed by atoms with Gasteiger partial charge in [-0.05, 0) is 28.8 Å². The van der Waals surface area contributed by atoms with E-state index in [1.807, 2.05) is 16.8 Å². The van der Waals surface area contributed by atoms with Gasteiger partial charge < -0.3 is 15.7 Å². The van der Waals surface area contributed by atoms with Crippen molar-refractivity contribution in [2.75, 3.05) is 11.9 Å². The van der Waals surface area contributed by atoms with E-state index in [-0.39, 0.29) is 12.6 Å². The zero-order chi connectivity index (χ0) is 14.4. The molecular weight excluding hydrogens is 280 g/mol. The summed E-state index contributed by atoms with van der Waals surface area (Å²) in [6.07, 6.45) is 3.64. The van der Waals surface area contributed by atoms with Crippen LogP contribution in [0, 0.1) is 0 Å². The number of carboxylic acid groups (broad SMARTS) is 1. The molecular formula is C12H14N4O3S. The monoisotopic (exact) mass is 294 g/mol. The third-order valence-corrected chi connectivity index (χ3v) is 3.20. The van der Waals surface area contributed by atoms with Crippen LogP contribution in [0.15, 0.2) is 29.2 Å². The first-order valence-corrected chi connectivity index (χ1v) is 6.88. The molecule has 2 amide bonds. The number of nitrogens with one attached hydrogen (secondary N) is 2. The topological polar surface area (TPSA) is 96.2 Å². The fourth-order valence-corrected chi connectivity index (χ4v) is 2.29. The summed E-state index contributed by atoms with van der Waals surface area (Å²) in [4.78, 5) is 22.1. The summed E-state index contributed by atoms with van der Waals surface area (Å²) in [6, 6.07) is 1.68. The van der Waals surface area contributed by atoms with Gasteiger partial charge in [-0.2, -0.15) is 16.4 Å². The molecule has 0 aliphatic heterocycles. The van der Waals surface area contributed by atoms with E-state index in [0.29, 0.717) is 12.2 Å². The lowest BCUT2D eigenvalue weighted by Gasteiger charge is -2.04. The average Bonchev–Trinajstić information content (AvgIpc) is 3.00. The van der Waals surface area contributed by atoms with E-state index in [1.165, 1.54) is 22.6 Å². The van der Waals surface area contributed by atoms with Gasteiger partial charge in [-0.1, -0.05) is 0 Å². The van der Waals surface area contributed by atoms with Crippen molar-refractivity contribution in [2.45, 2.75) is 13.0 Å². The van der Waals surface area contributed by atoms with Crippen LogP contribution in [-0.2, 0) is 17.8 Å². The Labute approximate surface area is 119 Å². The van der Waals surface area contributed by atoms with Crippen molar-refractivity contribution in [3.05, 3.63) is 34.8 Å². The Bertz CT molecular complexity index is 579. The fraction of sp³-hybridized carbons (Fsp3) is 0.250. The van der Waals surface area contributed by atoms with Crippen LogP contribution in [0.4, 0.5) is 10.5 Å². The first-order valence-electron chi connectivity index (χ1n) is 5.93. The second-order valence-corrected chi connectivity index (χ2v) is 4.86. The van der Waals surface area contributed by atoms with Crippen molar-refractivity contribution >= 4 is 29.0 Å². The maximum atomic E-state index is 11.6. The highest BCUT2D eigenvalue weighted by Crippen LogP contribution is 2.06. The summed E-state index contributed by atoms with van der Waals surface area (Å²) in [5.74, 6) is -0.986. The summed E-state index contributed by atoms with van der Waals surface area (Å²) in [5.41, 5.74) is 1.64. The number of urea groups is 1. The molecule has 7 nitrogen and oxygen atoms in total. The molecule has 0 saturated carbocycles. The molecule has 0 unspecified atom stereocenters. The van der Waals surface area contributed by atoms with E-state index in [9.17, 15) is 9.59 Å². The molecule has 0 fully saturated rings. The van der Waals surface area contributed by atoms with E-state index in [4.69, 9.17) is 5.11 Å². The molecule has 20 heavy (non-hydrogen) atoms. The number of carboxylic acids is 1. The second-order valence-electron chi connectivity index (χ2n) is 4.08. The van der Waals surface area contributed by atoms with E-state index in [1.54, 1.807) is 11.3 Å². The van der Waals surface area contributed by atoms with Gasteiger partial charge in [0.25, 0.3) is 0 Å². The predicted molar refractivity (Wildman–Crippen MR) is 74.9 cm³/mol. The number of carbonyl (C=O) groups is 2. The van der Waals surface area contributed by atoms with Crippen molar-refractivity contribution in [2.24, 2.45) is 0 Å². The highest BCUT2D eigenvalue weighted by Gasteiger charge is 2.05. The van der Waals surface area contributed by atoms with Crippen LogP contribution in [0.25, 0.3) is 0 Å². The van der Waals surface area contributed by atoms with E-state index >= 15 is 0 Å². The molecule has 2 aromatic heterocycles. The molecule has 8 heteroatoms. The van der Waals surface area contributed by atoms with Gasteiger partial charge in [-0.25, -0.2) is 4.79 Å². The number of hydrogen-bond donors (Lipinski definition) is 3. The quantitative estimate of drug-likeness (QED) is 0.750. The summed E-state index contributed by atoms with van der Waals surface area (Å²) in [5, 5.41) is 21.8. The Hall–Kier alpha value is -2.35. The predicted octanol–water partition coefficient (Wildman–Crippen LogP) is 1.39. The number of anilines is 1. The number of hydrogen-bond acceptors (Lipinski definition) is 4. The molecule has 0 radical (unpaired) electrons. The molecule has 0 bridgehead atoms. The van der Waals surface area contributed by atoms with Crippen molar-refractivity contribution in [3.8, 4) is 0 Å². The van der Waals surface area contributed by atoms with Gasteiger partial charge in [0.15, 0.2) is 0 Å². The molecule has 0 aliphatic rings. The summed E-state index contributed by atoms with van der Waals surface area (Å²) >= 11 is 1.62. The molecule has 0 saturated heterocycles. The maximum absolute atomic E-state index is 11.6. The van der Waals surface area contributed by atoms with Gasteiger partial charge in [0, 0.05) is 12.7 Å². The molecule has 2 aromatic rings. The summed E-state index contributed by atoms with van der Waals surface area (Å²) in [6.45, 7) is 0.299. The molecule has 3 N–H and O–H groups in total. The van der Waals surface area contributed by atoms with Crippen LogP contribution in [0.1, 0.15) is 5.56 Å². The van der Waals surface area contributed by atoms with Gasteiger partial charge in [0.1, 0.15) is 6.54 Å². The zero-order valence-corrected chi connectivity index (χ0v) is 11.4. The lowest BCUT2D eigenvalue weighted by atomic mass is 10.2. The molecule has 2 rings (SSSR count). The third kappa shape index (κ3) is 4.39. The summed E-state index contributed by atoms with van der Waals surface area (Å²) in [7, 11) is 0. The minimum Gasteiger partial charge on any atom is -0.480 e. The molecule has 0 aromatic carbocycles. The number of aromatic nitrogens is 2. The van der Waals surface area contributed by atoms with Crippen molar-refractivity contribution < 1.29 is 14.7 Å². The molecule has 0 aliphatic carbocycles. The Balaban J connectivity index is 1.73. The fourth-order valence-electron chi connectivity index (χ4n) is 1.58. The second kappa shape index (κ2) is 6.71. The Morgan fingerprint density at radius 3 is 3.00 bits per heavy atom. The van der Waals surface area contributed by atoms with Gasteiger partial charge in [0.05, 0.1) is 11.9 Å². The highest BCUT2D eigenvalue weighted by molar-refractivity contribution is 7.07. The minimum atomic E-state index is -0.986. The first kappa shape index (κ1) is 14.1. The Morgan fingerprint density at radius 1 is 1.45 bits per heavy atom. The zero-order valence-electron chi connectivity index (χ0n) is 10.6. The van der Waals surface area contributed by atoms with Crippen LogP contribution >= 0.6 is 11.3 Å². The van der Waals surface area contributed by atoms with Crippen molar-refractivity contribution in [1.29, 1.82) is 0 Å². The van der Waals surface area contributed by atoms with Gasteiger partial charge in [0.2, 0.25) is 0 Å². The van der Waals surface area contributed by atoms with Crippen LogP contribution in [0.3, 0.4) is 0 Å². The number of carbonyl (C=O) groups excluding carboxylic acids is 1. The Kier molecular flexibility index (Phi) is 4.72. The number of nitrogens with zero attached hydrogens (tertiary/aromatic N) is 2. The molecule has 0 spiro atoms. The molecule has 2 heterocycles. The maximum Gasteiger partial charge on any atom is 0.325 e.